The highest BCUT2D eigenvalue weighted by Crippen LogP contribution is 2.18. The van der Waals surface area contributed by atoms with Gasteiger partial charge in [-0.05, 0) is 38.8 Å². The van der Waals surface area contributed by atoms with E-state index in [9.17, 15) is 0 Å². The van der Waals surface area contributed by atoms with Gasteiger partial charge in [0.15, 0.2) is 0 Å². The molecule has 1 rings (SSSR count). The van der Waals surface area contributed by atoms with Crippen LogP contribution in [0.4, 0.5) is 0 Å². The molecule has 1 aliphatic heterocycles. The zero-order valence-corrected chi connectivity index (χ0v) is 8.68. The highest BCUT2D eigenvalue weighted by atomic mass is 15.2. The second-order valence-corrected chi connectivity index (χ2v) is 3.95. The lowest BCUT2D eigenvalue weighted by molar-refractivity contribution is 0.221. The van der Waals surface area contributed by atoms with Gasteiger partial charge in [-0.3, -0.25) is 0 Å². The van der Waals surface area contributed by atoms with Gasteiger partial charge in [-0.1, -0.05) is 26.7 Å². The van der Waals surface area contributed by atoms with Crippen LogP contribution in [0, 0.1) is 0 Å². The molecule has 0 unspecified atom stereocenters. The summed E-state index contributed by atoms with van der Waals surface area (Å²) in [6.45, 7) is 7.35. The van der Waals surface area contributed by atoms with Gasteiger partial charge in [-0.15, -0.1) is 0 Å². The molecule has 0 aromatic carbocycles. The molecule has 0 spiro atoms. The summed E-state index contributed by atoms with van der Waals surface area (Å²) in [5.41, 5.74) is 0. The molecule has 1 fully saturated rings. The smallest absolute Gasteiger partial charge is 0.00926 e. The molecule has 72 valence electrons. The summed E-state index contributed by atoms with van der Waals surface area (Å²) < 4.78 is 0. The largest absolute Gasteiger partial charge is 0.300 e. The first-order valence-corrected chi connectivity index (χ1v) is 5.62. The molecule has 1 nitrogen and oxygen atoms in total. The van der Waals surface area contributed by atoms with Gasteiger partial charge < -0.3 is 4.90 Å². The van der Waals surface area contributed by atoms with Crippen LogP contribution in [0.1, 0.15) is 52.4 Å². The van der Waals surface area contributed by atoms with E-state index in [0.29, 0.717) is 0 Å². The van der Waals surface area contributed by atoms with E-state index in [1.807, 2.05) is 0 Å². The van der Waals surface area contributed by atoms with Crippen LogP contribution in [-0.2, 0) is 0 Å². The number of hydrogen-bond acceptors (Lipinski definition) is 1. The lowest BCUT2D eigenvalue weighted by Crippen LogP contribution is -2.31. The first-order valence-electron chi connectivity index (χ1n) is 5.62. The molecule has 1 aliphatic rings. The van der Waals surface area contributed by atoms with Gasteiger partial charge in [0.1, 0.15) is 0 Å². The lowest BCUT2D eigenvalue weighted by Gasteiger charge is -2.26. The predicted octanol–water partition coefficient (Wildman–Crippen LogP) is 3.05. The molecule has 0 radical (unpaired) electrons. The molecule has 12 heavy (non-hydrogen) atoms. The third kappa shape index (κ3) is 2.78. The molecule has 0 aliphatic carbocycles. The van der Waals surface area contributed by atoms with E-state index in [0.717, 1.165) is 6.04 Å². The quantitative estimate of drug-likeness (QED) is 0.611. The van der Waals surface area contributed by atoms with Crippen molar-refractivity contribution in [2.45, 2.75) is 58.4 Å². The Morgan fingerprint density at radius 2 is 1.83 bits per heavy atom. The van der Waals surface area contributed by atoms with E-state index in [1.165, 1.54) is 51.6 Å². The van der Waals surface area contributed by atoms with E-state index < -0.39 is 0 Å². The average molecular weight is 169 g/mol. The maximum Gasteiger partial charge on any atom is 0.00926 e. The summed E-state index contributed by atoms with van der Waals surface area (Å²) in [5.74, 6) is 0. The Labute approximate surface area is 77.1 Å². The molecule has 1 atom stereocenters. The minimum Gasteiger partial charge on any atom is -0.300 e. The Hall–Kier alpha value is -0.0400. The maximum absolute atomic E-state index is 2.69. The summed E-state index contributed by atoms with van der Waals surface area (Å²) in [6.07, 6.45) is 8.40. The van der Waals surface area contributed by atoms with Crippen LogP contribution in [-0.4, -0.2) is 24.0 Å². The van der Waals surface area contributed by atoms with Gasteiger partial charge in [0, 0.05) is 6.04 Å². The molecule has 1 saturated heterocycles. The number of unbranched alkanes of at least 4 members (excludes halogenated alkanes) is 1. The Balaban J connectivity index is 2.22. The Morgan fingerprint density at radius 3 is 2.33 bits per heavy atom. The van der Waals surface area contributed by atoms with Crippen LogP contribution in [0.5, 0.6) is 0 Å². The standard InChI is InChI=1S/C11H23N/c1-3-5-8-11(4-2)12-9-6-7-10-12/h11H,3-10H2,1-2H3/t11-/m0/s1. The van der Waals surface area contributed by atoms with Crippen molar-refractivity contribution in [3.8, 4) is 0 Å². The number of nitrogens with zero attached hydrogens (tertiary/aromatic N) is 1. The molecule has 0 bridgehead atoms. The fraction of sp³-hybridized carbons (Fsp3) is 1.00. The van der Waals surface area contributed by atoms with E-state index in [-0.39, 0.29) is 0 Å². The Bertz CT molecular complexity index is 106. The summed E-state index contributed by atoms with van der Waals surface area (Å²) in [5, 5.41) is 0. The van der Waals surface area contributed by atoms with Crippen molar-refractivity contribution in [2.24, 2.45) is 0 Å². The van der Waals surface area contributed by atoms with Gasteiger partial charge in [0.2, 0.25) is 0 Å². The van der Waals surface area contributed by atoms with Crippen molar-refractivity contribution in [3.05, 3.63) is 0 Å². The third-order valence-corrected chi connectivity index (χ3v) is 3.02. The van der Waals surface area contributed by atoms with Crippen molar-refractivity contribution in [2.75, 3.05) is 13.1 Å². The van der Waals surface area contributed by atoms with E-state index in [1.54, 1.807) is 0 Å². The first kappa shape index (κ1) is 10.0. The highest BCUT2D eigenvalue weighted by molar-refractivity contribution is 4.74. The zero-order chi connectivity index (χ0) is 8.81. The van der Waals surface area contributed by atoms with Crippen LogP contribution in [0.3, 0.4) is 0 Å². The third-order valence-electron chi connectivity index (χ3n) is 3.02. The van der Waals surface area contributed by atoms with Crippen molar-refractivity contribution in [1.29, 1.82) is 0 Å². The fourth-order valence-corrected chi connectivity index (χ4v) is 2.19. The SMILES string of the molecule is CCCC[C@H](CC)N1CCCC1. The molecule has 0 amide bonds. The van der Waals surface area contributed by atoms with E-state index >= 15 is 0 Å². The van der Waals surface area contributed by atoms with Gasteiger partial charge in [-0.25, -0.2) is 0 Å². The minimum absolute atomic E-state index is 0.896. The number of likely N-dealkylation sites (tertiary alicyclic amines) is 1. The fourth-order valence-electron chi connectivity index (χ4n) is 2.19. The summed E-state index contributed by atoms with van der Waals surface area (Å²) >= 11 is 0. The van der Waals surface area contributed by atoms with Crippen molar-refractivity contribution >= 4 is 0 Å². The topological polar surface area (TPSA) is 3.24 Å². The summed E-state index contributed by atoms with van der Waals surface area (Å²) in [7, 11) is 0. The second-order valence-electron chi connectivity index (χ2n) is 3.95. The number of rotatable bonds is 5. The molecule has 0 aromatic rings. The summed E-state index contributed by atoms with van der Waals surface area (Å²) in [4.78, 5) is 2.69. The average Bonchev–Trinajstić information content (AvgIpc) is 2.59. The van der Waals surface area contributed by atoms with Crippen LogP contribution >= 0.6 is 0 Å². The van der Waals surface area contributed by atoms with Gasteiger partial charge in [-0.2, -0.15) is 0 Å². The Kier molecular flexibility index (Phi) is 4.67. The molecular formula is C11H23N. The van der Waals surface area contributed by atoms with Crippen LogP contribution in [0.15, 0.2) is 0 Å². The van der Waals surface area contributed by atoms with Crippen LogP contribution in [0.25, 0.3) is 0 Å². The zero-order valence-electron chi connectivity index (χ0n) is 8.68. The maximum atomic E-state index is 2.69. The molecular weight excluding hydrogens is 146 g/mol. The Morgan fingerprint density at radius 1 is 1.17 bits per heavy atom. The van der Waals surface area contributed by atoms with Gasteiger partial charge in [0.05, 0.1) is 0 Å². The molecule has 0 aromatic heterocycles. The van der Waals surface area contributed by atoms with Crippen molar-refractivity contribution in [3.63, 3.8) is 0 Å². The second kappa shape index (κ2) is 5.58. The van der Waals surface area contributed by atoms with Gasteiger partial charge in [0.25, 0.3) is 0 Å². The molecule has 1 heterocycles. The van der Waals surface area contributed by atoms with Crippen LogP contribution < -0.4 is 0 Å². The van der Waals surface area contributed by atoms with Crippen molar-refractivity contribution < 1.29 is 0 Å². The van der Waals surface area contributed by atoms with Gasteiger partial charge >= 0.3 is 0 Å². The van der Waals surface area contributed by atoms with Crippen LogP contribution in [0.2, 0.25) is 0 Å². The minimum atomic E-state index is 0.896. The lowest BCUT2D eigenvalue weighted by atomic mass is 10.1. The molecule has 0 saturated carbocycles. The summed E-state index contributed by atoms with van der Waals surface area (Å²) in [6, 6.07) is 0.896. The molecule has 1 heteroatoms. The normalized spacial score (nSPS) is 21.5. The first-order chi connectivity index (χ1) is 5.88. The van der Waals surface area contributed by atoms with E-state index in [4.69, 9.17) is 0 Å². The predicted molar refractivity (Wildman–Crippen MR) is 54.4 cm³/mol. The number of hydrogen-bond donors (Lipinski definition) is 0. The van der Waals surface area contributed by atoms with Crippen molar-refractivity contribution in [1.82, 2.24) is 4.90 Å². The van der Waals surface area contributed by atoms with E-state index in [2.05, 4.69) is 18.7 Å². The highest BCUT2D eigenvalue weighted by Gasteiger charge is 2.19. The molecule has 0 N–H and O–H groups in total. The monoisotopic (exact) mass is 169 g/mol.